The number of benzene rings is 1. The van der Waals surface area contributed by atoms with Gasteiger partial charge in [-0.25, -0.2) is 4.79 Å². The number of nitrogens with one attached hydrogen (secondary N) is 2. The number of halogens is 1. The number of esters is 1. The molecule has 1 unspecified atom stereocenters. The van der Waals surface area contributed by atoms with Gasteiger partial charge in [-0.3, -0.25) is 4.99 Å². The molecule has 27 heavy (non-hydrogen) atoms. The van der Waals surface area contributed by atoms with E-state index in [-0.39, 0.29) is 29.9 Å². The molecule has 1 aromatic rings. The van der Waals surface area contributed by atoms with Crippen LogP contribution in [0.1, 0.15) is 49.5 Å². The number of methoxy groups -OCH3 is 1. The molecule has 7 heteroatoms. The van der Waals surface area contributed by atoms with Crippen LogP contribution in [-0.4, -0.2) is 56.7 Å². The second-order valence-electron chi connectivity index (χ2n) is 6.33. The molecule has 1 atom stereocenters. The topological polar surface area (TPSA) is 66.0 Å². The summed E-state index contributed by atoms with van der Waals surface area (Å²) >= 11 is 0. The van der Waals surface area contributed by atoms with Crippen LogP contribution in [-0.2, 0) is 11.3 Å². The molecular formula is C20H35IN4O2. The van der Waals surface area contributed by atoms with Crippen LogP contribution in [0.25, 0.3) is 0 Å². The molecule has 0 saturated carbocycles. The number of rotatable bonds is 10. The van der Waals surface area contributed by atoms with Gasteiger partial charge in [0.25, 0.3) is 0 Å². The third kappa shape index (κ3) is 9.95. The summed E-state index contributed by atoms with van der Waals surface area (Å²) in [6.45, 7) is 10.6. The third-order valence-corrected chi connectivity index (χ3v) is 4.45. The zero-order valence-corrected chi connectivity index (χ0v) is 19.6. The first-order valence-electron chi connectivity index (χ1n) is 9.40. The summed E-state index contributed by atoms with van der Waals surface area (Å²) in [6, 6.07) is 7.74. The average molecular weight is 490 g/mol. The molecule has 6 nitrogen and oxygen atoms in total. The predicted octanol–water partition coefficient (Wildman–Crippen LogP) is 3.27. The van der Waals surface area contributed by atoms with E-state index in [0.717, 1.165) is 37.6 Å². The maximum atomic E-state index is 11.5. The number of nitrogens with zero attached hydrogens (tertiary/aromatic N) is 2. The van der Waals surface area contributed by atoms with Crippen molar-refractivity contribution in [3.63, 3.8) is 0 Å². The SMILES string of the molecule is CCN(CC)CCCC(C)NC(=NC)NCc1ccc(C(=O)OC)cc1.I. The lowest BCUT2D eigenvalue weighted by molar-refractivity contribution is 0.0600. The minimum atomic E-state index is -0.319. The number of carbonyl (C=O) groups is 1. The van der Waals surface area contributed by atoms with Crippen LogP contribution in [0.3, 0.4) is 0 Å². The lowest BCUT2D eigenvalue weighted by atomic mass is 10.1. The van der Waals surface area contributed by atoms with E-state index >= 15 is 0 Å². The maximum Gasteiger partial charge on any atom is 0.337 e. The van der Waals surface area contributed by atoms with Gasteiger partial charge in [0.15, 0.2) is 5.96 Å². The van der Waals surface area contributed by atoms with Gasteiger partial charge in [-0.1, -0.05) is 26.0 Å². The van der Waals surface area contributed by atoms with Crippen LogP contribution in [0.2, 0.25) is 0 Å². The molecule has 2 N–H and O–H groups in total. The summed E-state index contributed by atoms with van der Waals surface area (Å²) < 4.78 is 4.71. The molecule has 0 aromatic heterocycles. The number of hydrogen-bond donors (Lipinski definition) is 2. The van der Waals surface area contributed by atoms with E-state index in [1.165, 1.54) is 13.5 Å². The first-order valence-corrected chi connectivity index (χ1v) is 9.40. The highest BCUT2D eigenvalue weighted by molar-refractivity contribution is 14.0. The largest absolute Gasteiger partial charge is 0.465 e. The Morgan fingerprint density at radius 2 is 1.85 bits per heavy atom. The number of carbonyl (C=O) groups excluding carboxylic acids is 1. The lowest BCUT2D eigenvalue weighted by Crippen LogP contribution is -2.42. The van der Waals surface area contributed by atoms with Crippen LogP contribution in [0, 0.1) is 0 Å². The summed E-state index contributed by atoms with van der Waals surface area (Å²) in [5.74, 6) is 0.470. The fraction of sp³-hybridized carbons (Fsp3) is 0.600. The lowest BCUT2D eigenvalue weighted by Gasteiger charge is -2.21. The maximum absolute atomic E-state index is 11.5. The highest BCUT2D eigenvalue weighted by Gasteiger charge is 2.08. The third-order valence-electron chi connectivity index (χ3n) is 4.45. The van der Waals surface area contributed by atoms with Gasteiger partial charge in [-0.15, -0.1) is 24.0 Å². The monoisotopic (exact) mass is 490 g/mol. The van der Waals surface area contributed by atoms with E-state index in [2.05, 4.69) is 41.3 Å². The summed E-state index contributed by atoms with van der Waals surface area (Å²) in [6.07, 6.45) is 2.27. The normalized spacial score (nSPS) is 12.3. The Morgan fingerprint density at radius 1 is 1.22 bits per heavy atom. The summed E-state index contributed by atoms with van der Waals surface area (Å²) in [5.41, 5.74) is 1.63. The molecule has 0 saturated heterocycles. The molecule has 0 aliphatic heterocycles. The molecular weight excluding hydrogens is 455 g/mol. The van der Waals surface area contributed by atoms with Crippen LogP contribution in [0.15, 0.2) is 29.3 Å². The van der Waals surface area contributed by atoms with Gasteiger partial charge >= 0.3 is 5.97 Å². The van der Waals surface area contributed by atoms with Crippen LogP contribution in [0.4, 0.5) is 0 Å². The quantitative estimate of drug-likeness (QED) is 0.228. The van der Waals surface area contributed by atoms with Crippen molar-refractivity contribution in [3.05, 3.63) is 35.4 Å². The minimum Gasteiger partial charge on any atom is -0.465 e. The van der Waals surface area contributed by atoms with Gasteiger partial charge in [-0.2, -0.15) is 0 Å². The Hall–Kier alpha value is -1.35. The highest BCUT2D eigenvalue weighted by atomic mass is 127. The van der Waals surface area contributed by atoms with Crippen molar-refractivity contribution < 1.29 is 9.53 Å². The van der Waals surface area contributed by atoms with Crippen molar-refractivity contribution in [2.75, 3.05) is 33.8 Å². The molecule has 0 bridgehead atoms. The van der Waals surface area contributed by atoms with Gasteiger partial charge in [0, 0.05) is 19.6 Å². The summed E-state index contributed by atoms with van der Waals surface area (Å²) in [4.78, 5) is 18.2. The Labute approximate surface area is 181 Å². The molecule has 0 amide bonds. The fourth-order valence-corrected chi connectivity index (χ4v) is 2.72. The van der Waals surface area contributed by atoms with Crippen molar-refractivity contribution in [2.45, 2.75) is 46.2 Å². The van der Waals surface area contributed by atoms with Gasteiger partial charge in [0.1, 0.15) is 0 Å². The van der Waals surface area contributed by atoms with E-state index in [1.807, 2.05) is 12.1 Å². The predicted molar refractivity (Wildman–Crippen MR) is 123 cm³/mol. The Kier molecular flexibility index (Phi) is 13.9. The van der Waals surface area contributed by atoms with Gasteiger partial charge in [0.05, 0.1) is 12.7 Å². The zero-order valence-electron chi connectivity index (χ0n) is 17.2. The van der Waals surface area contributed by atoms with Crippen molar-refractivity contribution in [1.29, 1.82) is 0 Å². The van der Waals surface area contributed by atoms with Crippen LogP contribution < -0.4 is 10.6 Å². The molecule has 0 fully saturated rings. The molecule has 1 rings (SSSR count). The number of guanidine groups is 1. The smallest absolute Gasteiger partial charge is 0.337 e. The van der Waals surface area contributed by atoms with E-state index in [9.17, 15) is 4.79 Å². The van der Waals surface area contributed by atoms with Gasteiger partial charge < -0.3 is 20.3 Å². The Morgan fingerprint density at radius 3 is 2.37 bits per heavy atom. The second kappa shape index (κ2) is 14.7. The molecule has 0 heterocycles. The molecule has 0 spiro atoms. The van der Waals surface area contributed by atoms with Gasteiger partial charge in [-0.05, 0) is 57.1 Å². The first-order chi connectivity index (χ1) is 12.5. The fourth-order valence-electron chi connectivity index (χ4n) is 2.72. The summed E-state index contributed by atoms with van der Waals surface area (Å²) in [5, 5.41) is 6.74. The van der Waals surface area contributed by atoms with Crippen molar-refractivity contribution >= 4 is 35.9 Å². The molecule has 1 aromatic carbocycles. The standard InChI is InChI=1S/C20H34N4O2.HI/c1-6-24(7-2)14-8-9-16(3)23-20(21-4)22-15-17-10-12-18(13-11-17)19(25)26-5;/h10-13,16H,6-9,14-15H2,1-5H3,(H2,21,22,23);1H. The molecule has 154 valence electrons. The van der Waals surface area contributed by atoms with Crippen molar-refractivity contribution in [2.24, 2.45) is 4.99 Å². The number of aliphatic imine (C=N–C) groups is 1. The van der Waals surface area contributed by atoms with E-state index in [0.29, 0.717) is 18.2 Å². The zero-order chi connectivity index (χ0) is 19.4. The van der Waals surface area contributed by atoms with E-state index < -0.39 is 0 Å². The second-order valence-corrected chi connectivity index (χ2v) is 6.33. The van der Waals surface area contributed by atoms with Crippen molar-refractivity contribution in [3.8, 4) is 0 Å². The van der Waals surface area contributed by atoms with Crippen LogP contribution >= 0.6 is 24.0 Å². The molecule has 0 aliphatic rings. The average Bonchev–Trinajstić information content (AvgIpc) is 2.68. The van der Waals surface area contributed by atoms with E-state index in [4.69, 9.17) is 4.74 Å². The highest BCUT2D eigenvalue weighted by Crippen LogP contribution is 2.06. The summed E-state index contributed by atoms with van der Waals surface area (Å²) in [7, 11) is 3.16. The van der Waals surface area contributed by atoms with Gasteiger partial charge in [0.2, 0.25) is 0 Å². The minimum absolute atomic E-state index is 0. The van der Waals surface area contributed by atoms with E-state index in [1.54, 1.807) is 19.2 Å². The Balaban J connectivity index is 0.00000676. The van der Waals surface area contributed by atoms with Crippen molar-refractivity contribution in [1.82, 2.24) is 15.5 Å². The van der Waals surface area contributed by atoms with Crippen LogP contribution in [0.5, 0.6) is 0 Å². The molecule has 0 aliphatic carbocycles. The number of hydrogen-bond acceptors (Lipinski definition) is 4. The Bertz CT molecular complexity index is 560. The molecule has 0 radical (unpaired) electrons. The number of ether oxygens (including phenoxy) is 1. The first kappa shape index (κ1) is 25.6.